The smallest absolute Gasteiger partial charge is 0.0172 e. The van der Waals surface area contributed by atoms with Gasteiger partial charge in [0.25, 0.3) is 0 Å². The van der Waals surface area contributed by atoms with Crippen LogP contribution in [0.2, 0.25) is 0 Å². The predicted octanol–water partition coefficient (Wildman–Crippen LogP) is 1.99. The van der Waals surface area contributed by atoms with E-state index >= 15 is 0 Å². The van der Waals surface area contributed by atoms with Gasteiger partial charge in [0.15, 0.2) is 0 Å². The molecule has 0 aromatic rings. The fourth-order valence-electron chi connectivity index (χ4n) is 0.118. The molecule has 2 radical (unpaired) electrons. The summed E-state index contributed by atoms with van der Waals surface area (Å²) in [5.74, 6) is 0. The summed E-state index contributed by atoms with van der Waals surface area (Å²) in [6.45, 7) is 7.58. The Labute approximate surface area is 39.9 Å². The molecule has 0 N–H and O–H groups in total. The fraction of sp³-hybridized carbons (Fsp3) is 0.333. The van der Waals surface area contributed by atoms with E-state index in [9.17, 15) is 0 Å². The molecule has 0 aromatic carbocycles. The third-order valence-electron chi connectivity index (χ3n) is 0.777. The van der Waals surface area contributed by atoms with Crippen molar-refractivity contribution < 1.29 is 0 Å². The number of hydrogen-bond donors (Lipinski definition) is 0. The second-order valence-electron chi connectivity index (χ2n) is 1.24. The Bertz CT molecular complexity index is 51.1. The molecule has 0 fully saturated rings. The Morgan fingerprint density at radius 1 is 1.67 bits per heavy atom. The first-order valence-corrected chi connectivity index (χ1v) is 2.06. The quantitative estimate of drug-likeness (QED) is 0.454. The van der Waals surface area contributed by atoms with Crippen molar-refractivity contribution in [3.05, 3.63) is 25.0 Å². The fourth-order valence-corrected chi connectivity index (χ4v) is 0.118. The lowest BCUT2D eigenvalue weighted by molar-refractivity contribution is 1.35. The molecular weight excluding hydrogens is 72.1 g/mol. The molecular formula is C6H10. The van der Waals surface area contributed by atoms with Crippen LogP contribution in [0.25, 0.3) is 0 Å². The van der Waals surface area contributed by atoms with E-state index in [4.69, 9.17) is 0 Å². The summed E-state index contributed by atoms with van der Waals surface area (Å²) in [4.78, 5) is 0. The second-order valence-corrected chi connectivity index (χ2v) is 1.24. The van der Waals surface area contributed by atoms with Crippen LogP contribution in [-0.2, 0) is 0 Å². The van der Waals surface area contributed by atoms with Crippen LogP contribution in [0.5, 0.6) is 0 Å². The van der Waals surface area contributed by atoms with Crippen molar-refractivity contribution in [3.63, 3.8) is 0 Å². The minimum atomic E-state index is 1.23. The summed E-state index contributed by atoms with van der Waals surface area (Å²) in [7, 11) is 0. The van der Waals surface area contributed by atoms with Crippen molar-refractivity contribution in [3.8, 4) is 0 Å². The van der Waals surface area contributed by atoms with Crippen molar-refractivity contribution in [2.75, 3.05) is 0 Å². The molecule has 0 aromatic heterocycles. The van der Waals surface area contributed by atoms with Gasteiger partial charge >= 0.3 is 0 Å². The topological polar surface area (TPSA) is 0 Å². The molecule has 0 heterocycles. The molecule has 0 aliphatic carbocycles. The van der Waals surface area contributed by atoms with Crippen LogP contribution in [0, 0.1) is 13.3 Å². The number of rotatable bonds is 1. The lowest BCUT2D eigenvalue weighted by Crippen LogP contribution is -1.65. The summed E-state index contributed by atoms with van der Waals surface area (Å²) in [5, 5.41) is 0. The van der Waals surface area contributed by atoms with E-state index in [0.29, 0.717) is 0 Å². The van der Waals surface area contributed by atoms with Crippen molar-refractivity contribution in [1.82, 2.24) is 0 Å². The molecule has 0 bridgehead atoms. The molecule has 0 heteroatoms. The summed E-state index contributed by atoms with van der Waals surface area (Å²) in [5.41, 5.74) is 1.23. The zero-order valence-corrected chi connectivity index (χ0v) is 4.36. The van der Waals surface area contributed by atoms with Gasteiger partial charge in [-0.15, -0.1) is 0 Å². The molecule has 0 nitrogen and oxygen atoms in total. The number of allylic oxidation sites excluding steroid dienone is 2. The highest BCUT2D eigenvalue weighted by atomic mass is 13.8. The first-order valence-electron chi connectivity index (χ1n) is 2.06. The number of hydrogen-bond acceptors (Lipinski definition) is 0. The normalized spacial score (nSPS) is 12.2. The third kappa shape index (κ3) is 2.01. The van der Waals surface area contributed by atoms with Gasteiger partial charge in [-0.05, 0) is 20.3 Å². The van der Waals surface area contributed by atoms with Gasteiger partial charge in [-0.25, -0.2) is 0 Å². The van der Waals surface area contributed by atoms with Gasteiger partial charge in [0.2, 0.25) is 0 Å². The van der Waals surface area contributed by atoms with Gasteiger partial charge in [0, 0.05) is 0 Å². The zero-order chi connectivity index (χ0) is 4.99. The first kappa shape index (κ1) is 5.74. The molecule has 0 spiro atoms. The van der Waals surface area contributed by atoms with Crippen LogP contribution >= 0.6 is 0 Å². The summed E-state index contributed by atoms with van der Waals surface area (Å²) in [6.07, 6.45) is 3.85. The molecule has 0 saturated heterocycles. The first-order chi connectivity index (χ1) is 2.81. The van der Waals surface area contributed by atoms with E-state index in [1.165, 1.54) is 5.57 Å². The highest BCUT2D eigenvalue weighted by Gasteiger charge is 1.73. The Balaban J connectivity index is 3.22. The van der Waals surface area contributed by atoms with Gasteiger partial charge in [0.1, 0.15) is 0 Å². The third-order valence-corrected chi connectivity index (χ3v) is 0.777. The van der Waals surface area contributed by atoms with E-state index < -0.39 is 0 Å². The van der Waals surface area contributed by atoms with Crippen molar-refractivity contribution in [2.45, 2.75) is 13.8 Å². The SMILES string of the molecule is [CH2]/C=C(\C)[CH]C. The lowest BCUT2D eigenvalue weighted by atomic mass is 10.2. The van der Waals surface area contributed by atoms with Gasteiger partial charge in [-0.3, -0.25) is 0 Å². The van der Waals surface area contributed by atoms with Gasteiger partial charge < -0.3 is 0 Å². The van der Waals surface area contributed by atoms with Gasteiger partial charge in [-0.1, -0.05) is 18.6 Å². The minimum absolute atomic E-state index is 1.23. The van der Waals surface area contributed by atoms with Crippen LogP contribution in [0.15, 0.2) is 11.6 Å². The molecule has 0 atom stereocenters. The van der Waals surface area contributed by atoms with Crippen molar-refractivity contribution in [2.24, 2.45) is 0 Å². The van der Waals surface area contributed by atoms with Crippen molar-refractivity contribution in [1.29, 1.82) is 0 Å². The molecule has 0 aliphatic rings. The Morgan fingerprint density at radius 2 is 2.17 bits per heavy atom. The van der Waals surface area contributed by atoms with Crippen LogP contribution in [-0.4, -0.2) is 0 Å². The van der Waals surface area contributed by atoms with E-state index in [1.54, 1.807) is 0 Å². The van der Waals surface area contributed by atoms with Crippen LogP contribution in [0.1, 0.15) is 13.8 Å². The van der Waals surface area contributed by atoms with E-state index in [1.807, 2.05) is 26.3 Å². The maximum Gasteiger partial charge on any atom is -0.0172 e. The Hall–Kier alpha value is -0.260. The summed E-state index contributed by atoms with van der Waals surface area (Å²) in [6, 6.07) is 0. The maximum atomic E-state index is 3.56. The largest absolute Gasteiger partial charge is 0.0850 e. The molecule has 0 aliphatic heterocycles. The second kappa shape index (κ2) is 2.95. The van der Waals surface area contributed by atoms with Gasteiger partial charge in [0.05, 0.1) is 0 Å². The van der Waals surface area contributed by atoms with Crippen LogP contribution < -0.4 is 0 Å². The van der Waals surface area contributed by atoms with Crippen molar-refractivity contribution >= 4 is 0 Å². The molecule has 0 saturated carbocycles. The van der Waals surface area contributed by atoms with E-state index in [2.05, 4.69) is 6.92 Å². The highest BCUT2D eigenvalue weighted by molar-refractivity contribution is 5.08. The molecule has 34 valence electrons. The highest BCUT2D eigenvalue weighted by Crippen LogP contribution is 1.92. The Kier molecular flexibility index (Phi) is 2.82. The predicted molar refractivity (Wildman–Crippen MR) is 29.1 cm³/mol. The summed E-state index contributed by atoms with van der Waals surface area (Å²) >= 11 is 0. The minimum Gasteiger partial charge on any atom is -0.0850 e. The average molecular weight is 82.1 g/mol. The lowest BCUT2D eigenvalue weighted by Gasteiger charge is -1.84. The molecule has 6 heavy (non-hydrogen) atoms. The van der Waals surface area contributed by atoms with E-state index in [-0.39, 0.29) is 0 Å². The Morgan fingerprint density at radius 3 is 2.17 bits per heavy atom. The molecule has 0 rings (SSSR count). The maximum absolute atomic E-state index is 3.56. The zero-order valence-electron chi connectivity index (χ0n) is 4.36. The standard InChI is InChI=1S/C6H10/c1-4-6(3)5-2/h4-5H,1H2,2-3H3/b6-4+. The summed E-state index contributed by atoms with van der Waals surface area (Å²) < 4.78 is 0. The average Bonchev–Trinajstić information content (AvgIpc) is 1.65. The van der Waals surface area contributed by atoms with Gasteiger partial charge in [-0.2, -0.15) is 0 Å². The van der Waals surface area contributed by atoms with Crippen LogP contribution in [0.4, 0.5) is 0 Å². The van der Waals surface area contributed by atoms with Crippen LogP contribution in [0.3, 0.4) is 0 Å². The molecule has 0 unspecified atom stereocenters. The monoisotopic (exact) mass is 82.1 g/mol. The molecule has 0 amide bonds. The van der Waals surface area contributed by atoms with E-state index in [0.717, 1.165) is 0 Å².